The molecule has 0 aliphatic heterocycles. The zero-order valence-electron chi connectivity index (χ0n) is 17.5. The molecule has 152 valence electrons. The molecule has 0 aliphatic rings. The average Bonchev–Trinajstić information content (AvgIpc) is 2.65. The predicted molar refractivity (Wildman–Crippen MR) is 112 cm³/mol. The molecule has 1 aromatic carbocycles. The standard InChI is InChI=1S/C21H36N4O2/c1-6-27-19(17(2)3)13-15-23-21(24-16-20(26)25(4)5)22-14-12-18-10-8-7-9-11-18/h7-11,17,19H,6,12-16H2,1-5H3,(H2,22,23,24). The van der Waals surface area contributed by atoms with Gasteiger partial charge in [0.05, 0.1) is 6.10 Å². The molecule has 0 saturated carbocycles. The zero-order chi connectivity index (χ0) is 20.1. The largest absolute Gasteiger partial charge is 0.378 e. The number of likely N-dealkylation sites (N-methyl/N-ethyl adjacent to an activating group) is 1. The van der Waals surface area contributed by atoms with E-state index in [2.05, 4.69) is 41.6 Å². The summed E-state index contributed by atoms with van der Waals surface area (Å²) in [5.74, 6) is 1.11. The van der Waals surface area contributed by atoms with Gasteiger partial charge in [-0.05, 0) is 31.2 Å². The number of ether oxygens (including phenoxy) is 1. The molecule has 1 atom stereocenters. The van der Waals surface area contributed by atoms with Crippen molar-refractivity contribution in [1.82, 2.24) is 15.5 Å². The lowest BCUT2D eigenvalue weighted by molar-refractivity contribution is -0.127. The van der Waals surface area contributed by atoms with Gasteiger partial charge >= 0.3 is 0 Å². The Hall–Kier alpha value is -2.08. The molecular weight excluding hydrogens is 340 g/mol. The number of guanidine groups is 1. The average molecular weight is 377 g/mol. The van der Waals surface area contributed by atoms with Crippen LogP contribution in [0, 0.1) is 5.92 Å². The van der Waals surface area contributed by atoms with Crippen LogP contribution in [-0.2, 0) is 16.0 Å². The van der Waals surface area contributed by atoms with Crippen LogP contribution in [0.5, 0.6) is 0 Å². The summed E-state index contributed by atoms with van der Waals surface area (Å²) in [5.41, 5.74) is 1.27. The minimum atomic E-state index is -0.0199. The molecule has 0 spiro atoms. The number of nitrogens with one attached hydrogen (secondary N) is 2. The summed E-state index contributed by atoms with van der Waals surface area (Å²) >= 11 is 0. The van der Waals surface area contributed by atoms with E-state index in [1.165, 1.54) is 5.56 Å². The van der Waals surface area contributed by atoms with Crippen LogP contribution in [-0.4, -0.2) is 63.2 Å². The molecule has 1 amide bonds. The molecule has 1 unspecified atom stereocenters. The Morgan fingerprint density at radius 3 is 2.41 bits per heavy atom. The van der Waals surface area contributed by atoms with Crippen LogP contribution in [0.3, 0.4) is 0 Å². The molecule has 2 N–H and O–H groups in total. The number of aliphatic imine (C=N–C) groups is 1. The first kappa shape index (κ1) is 23.0. The molecule has 1 rings (SSSR count). The van der Waals surface area contributed by atoms with E-state index in [9.17, 15) is 4.79 Å². The predicted octanol–water partition coefficient (Wildman–Crippen LogP) is 2.30. The van der Waals surface area contributed by atoms with E-state index in [4.69, 9.17) is 4.74 Å². The fraction of sp³-hybridized carbons (Fsp3) is 0.619. The Morgan fingerprint density at radius 2 is 1.81 bits per heavy atom. The summed E-state index contributed by atoms with van der Waals surface area (Å²) < 4.78 is 5.79. The van der Waals surface area contributed by atoms with Crippen LogP contribution >= 0.6 is 0 Å². The zero-order valence-corrected chi connectivity index (χ0v) is 17.5. The second-order valence-corrected chi connectivity index (χ2v) is 7.07. The second-order valence-electron chi connectivity index (χ2n) is 7.07. The van der Waals surface area contributed by atoms with Gasteiger partial charge in [0.25, 0.3) is 0 Å². The van der Waals surface area contributed by atoms with Crippen molar-refractivity contribution in [3.63, 3.8) is 0 Å². The molecule has 1 aromatic rings. The maximum Gasteiger partial charge on any atom is 0.243 e. The van der Waals surface area contributed by atoms with E-state index >= 15 is 0 Å². The number of nitrogens with zero attached hydrogens (tertiary/aromatic N) is 2. The fourth-order valence-electron chi connectivity index (χ4n) is 2.59. The lowest BCUT2D eigenvalue weighted by atomic mass is 10.0. The Balaban J connectivity index is 2.56. The van der Waals surface area contributed by atoms with E-state index in [0.717, 1.165) is 32.5 Å². The maximum absolute atomic E-state index is 11.8. The highest BCUT2D eigenvalue weighted by Crippen LogP contribution is 2.09. The van der Waals surface area contributed by atoms with Gasteiger partial charge in [-0.3, -0.25) is 4.79 Å². The molecule has 6 nitrogen and oxygen atoms in total. The van der Waals surface area contributed by atoms with Crippen molar-refractivity contribution in [2.75, 3.05) is 40.3 Å². The monoisotopic (exact) mass is 376 g/mol. The van der Waals surface area contributed by atoms with E-state index in [1.807, 2.05) is 25.1 Å². The lowest BCUT2D eigenvalue weighted by Crippen LogP contribution is -2.41. The molecular formula is C21H36N4O2. The normalized spacial score (nSPS) is 12.7. The fourth-order valence-corrected chi connectivity index (χ4v) is 2.59. The highest BCUT2D eigenvalue weighted by molar-refractivity contribution is 5.84. The van der Waals surface area contributed by atoms with Gasteiger partial charge in [0.15, 0.2) is 5.96 Å². The van der Waals surface area contributed by atoms with Gasteiger partial charge in [-0.15, -0.1) is 0 Å². The maximum atomic E-state index is 11.8. The van der Waals surface area contributed by atoms with Crippen molar-refractivity contribution in [1.29, 1.82) is 0 Å². The second kappa shape index (κ2) is 13.1. The van der Waals surface area contributed by atoms with Gasteiger partial charge in [0.1, 0.15) is 6.54 Å². The molecule has 0 saturated heterocycles. The van der Waals surface area contributed by atoms with E-state index < -0.39 is 0 Å². The lowest BCUT2D eigenvalue weighted by Gasteiger charge is -2.21. The van der Waals surface area contributed by atoms with Crippen molar-refractivity contribution in [3.8, 4) is 0 Å². The van der Waals surface area contributed by atoms with Crippen LogP contribution in [0.1, 0.15) is 32.8 Å². The number of carbonyl (C=O) groups excluding carboxylic acids is 1. The van der Waals surface area contributed by atoms with Gasteiger partial charge in [-0.2, -0.15) is 0 Å². The van der Waals surface area contributed by atoms with Crippen molar-refractivity contribution < 1.29 is 9.53 Å². The summed E-state index contributed by atoms with van der Waals surface area (Å²) in [7, 11) is 3.48. The Kier molecular flexibility index (Phi) is 11.2. The van der Waals surface area contributed by atoms with Crippen molar-refractivity contribution in [3.05, 3.63) is 35.9 Å². The van der Waals surface area contributed by atoms with Crippen LogP contribution < -0.4 is 10.6 Å². The summed E-state index contributed by atoms with van der Waals surface area (Å²) in [4.78, 5) is 17.8. The Bertz CT molecular complexity index is 559. The first-order valence-corrected chi connectivity index (χ1v) is 9.81. The first-order chi connectivity index (χ1) is 12.9. The third-order valence-electron chi connectivity index (χ3n) is 4.27. The summed E-state index contributed by atoms with van der Waals surface area (Å²) in [6.45, 7) is 8.71. The minimum absolute atomic E-state index is 0.0199. The van der Waals surface area contributed by atoms with Gasteiger partial charge < -0.3 is 20.3 Å². The molecule has 0 fully saturated rings. The Labute approximate surface area is 164 Å². The topological polar surface area (TPSA) is 66.0 Å². The van der Waals surface area contributed by atoms with Crippen molar-refractivity contribution >= 4 is 11.9 Å². The molecule has 0 bridgehead atoms. The number of amides is 1. The van der Waals surface area contributed by atoms with Crippen LogP contribution in [0.4, 0.5) is 0 Å². The van der Waals surface area contributed by atoms with Gasteiger partial charge in [0.2, 0.25) is 5.91 Å². The molecule has 0 heterocycles. The highest BCUT2D eigenvalue weighted by atomic mass is 16.5. The van der Waals surface area contributed by atoms with E-state index in [0.29, 0.717) is 11.9 Å². The summed E-state index contributed by atoms with van der Waals surface area (Å²) in [5, 5.41) is 6.66. The van der Waals surface area contributed by atoms with Crippen LogP contribution in [0.25, 0.3) is 0 Å². The molecule has 0 radical (unpaired) electrons. The number of carbonyl (C=O) groups is 1. The van der Waals surface area contributed by atoms with E-state index in [1.54, 1.807) is 19.0 Å². The van der Waals surface area contributed by atoms with Crippen LogP contribution in [0.2, 0.25) is 0 Å². The quantitative estimate of drug-likeness (QED) is 0.459. The molecule has 6 heteroatoms. The molecule has 0 aromatic heterocycles. The number of benzene rings is 1. The van der Waals surface area contributed by atoms with Gasteiger partial charge in [-0.1, -0.05) is 44.2 Å². The van der Waals surface area contributed by atoms with Crippen LogP contribution in [0.15, 0.2) is 35.3 Å². The Morgan fingerprint density at radius 1 is 1.15 bits per heavy atom. The number of rotatable bonds is 11. The molecule has 0 aliphatic carbocycles. The minimum Gasteiger partial charge on any atom is -0.378 e. The summed E-state index contributed by atoms with van der Waals surface area (Å²) in [6.07, 6.45) is 2.01. The molecule has 27 heavy (non-hydrogen) atoms. The SMILES string of the molecule is CCOC(CCNC(=NCC(=O)N(C)C)NCCc1ccccc1)C(C)C. The van der Waals surface area contributed by atoms with Gasteiger partial charge in [0, 0.05) is 33.8 Å². The number of hydrogen-bond acceptors (Lipinski definition) is 3. The smallest absolute Gasteiger partial charge is 0.243 e. The first-order valence-electron chi connectivity index (χ1n) is 9.81. The van der Waals surface area contributed by atoms with Gasteiger partial charge in [-0.25, -0.2) is 4.99 Å². The van der Waals surface area contributed by atoms with Crippen molar-refractivity contribution in [2.24, 2.45) is 10.9 Å². The van der Waals surface area contributed by atoms with E-state index in [-0.39, 0.29) is 18.6 Å². The van der Waals surface area contributed by atoms with Crippen molar-refractivity contribution in [2.45, 2.75) is 39.7 Å². The third kappa shape index (κ3) is 9.99. The number of hydrogen-bond donors (Lipinski definition) is 2. The summed E-state index contributed by atoms with van der Waals surface area (Å²) in [6, 6.07) is 10.3. The third-order valence-corrected chi connectivity index (χ3v) is 4.27. The highest BCUT2D eigenvalue weighted by Gasteiger charge is 2.13.